The number of nitriles is 1. The van der Waals surface area contributed by atoms with Crippen LogP contribution < -0.4 is 5.32 Å². The van der Waals surface area contributed by atoms with Gasteiger partial charge in [-0.3, -0.25) is 4.79 Å². The lowest BCUT2D eigenvalue weighted by atomic mass is 10.1. The molecule has 0 unspecified atom stereocenters. The van der Waals surface area contributed by atoms with Crippen LogP contribution in [0, 0.1) is 23.2 Å². The fraction of sp³-hybridized carbons (Fsp3) is 0.167. The predicted molar refractivity (Wildman–Crippen MR) is 56.7 cm³/mol. The van der Waals surface area contributed by atoms with Crippen LogP contribution in [0.2, 0.25) is 0 Å². The van der Waals surface area contributed by atoms with Crippen LogP contribution in [-0.4, -0.2) is 12.5 Å². The smallest absolute Gasteiger partial charge is 0.217 e. The standard InChI is InChI=1S/C12H10N2O/c1-10(15)14-8-2-3-11-4-6-12(9-13)7-5-11/h4-7H,8H2,1H3,(H,14,15). The second-order valence-corrected chi connectivity index (χ2v) is 2.90. The zero-order valence-corrected chi connectivity index (χ0v) is 8.37. The maximum atomic E-state index is 10.5. The molecule has 0 radical (unpaired) electrons. The van der Waals surface area contributed by atoms with Crippen molar-refractivity contribution in [3.05, 3.63) is 35.4 Å². The van der Waals surface area contributed by atoms with Crippen LogP contribution in [-0.2, 0) is 4.79 Å². The summed E-state index contributed by atoms with van der Waals surface area (Å²) in [5, 5.41) is 11.1. The highest BCUT2D eigenvalue weighted by atomic mass is 16.1. The Morgan fingerprint density at radius 2 is 1.93 bits per heavy atom. The van der Waals surface area contributed by atoms with Crippen molar-refractivity contribution in [2.24, 2.45) is 0 Å². The van der Waals surface area contributed by atoms with Crippen molar-refractivity contribution in [1.29, 1.82) is 5.26 Å². The van der Waals surface area contributed by atoms with Crippen LogP contribution in [0.25, 0.3) is 0 Å². The van der Waals surface area contributed by atoms with E-state index in [1.54, 1.807) is 24.3 Å². The molecule has 0 saturated carbocycles. The summed E-state index contributed by atoms with van der Waals surface area (Å²) in [7, 11) is 0. The molecule has 0 aliphatic heterocycles. The maximum absolute atomic E-state index is 10.5. The Labute approximate surface area is 88.7 Å². The number of carbonyl (C=O) groups is 1. The zero-order chi connectivity index (χ0) is 11.1. The van der Waals surface area contributed by atoms with Crippen molar-refractivity contribution in [3.63, 3.8) is 0 Å². The normalized spacial score (nSPS) is 8.27. The van der Waals surface area contributed by atoms with Crippen LogP contribution in [0.1, 0.15) is 18.1 Å². The number of benzene rings is 1. The molecular weight excluding hydrogens is 188 g/mol. The third-order valence-corrected chi connectivity index (χ3v) is 1.67. The van der Waals surface area contributed by atoms with E-state index in [-0.39, 0.29) is 5.91 Å². The van der Waals surface area contributed by atoms with E-state index in [0.29, 0.717) is 12.1 Å². The number of rotatable bonds is 1. The van der Waals surface area contributed by atoms with Gasteiger partial charge in [0.05, 0.1) is 18.2 Å². The van der Waals surface area contributed by atoms with Crippen LogP contribution in [0.5, 0.6) is 0 Å². The van der Waals surface area contributed by atoms with Gasteiger partial charge in [0.25, 0.3) is 0 Å². The maximum Gasteiger partial charge on any atom is 0.217 e. The molecular formula is C12H10N2O. The second-order valence-electron chi connectivity index (χ2n) is 2.90. The first kappa shape index (κ1) is 10.8. The molecule has 1 rings (SSSR count). The van der Waals surface area contributed by atoms with Gasteiger partial charge in [0, 0.05) is 12.5 Å². The van der Waals surface area contributed by atoms with Gasteiger partial charge in [-0.15, -0.1) is 0 Å². The van der Waals surface area contributed by atoms with E-state index in [9.17, 15) is 4.79 Å². The first-order valence-corrected chi connectivity index (χ1v) is 4.46. The van der Waals surface area contributed by atoms with Gasteiger partial charge < -0.3 is 5.32 Å². The summed E-state index contributed by atoms with van der Waals surface area (Å²) >= 11 is 0. The first-order valence-electron chi connectivity index (χ1n) is 4.46. The predicted octanol–water partition coefficient (Wildman–Crippen LogP) is 1.05. The third kappa shape index (κ3) is 3.97. The SMILES string of the molecule is CC(=O)NCC#Cc1ccc(C#N)cc1. The van der Waals surface area contributed by atoms with Crippen molar-refractivity contribution in [1.82, 2.24) is 5.32 Å². The van der Waals surface area contributed by atoms with Crippen molar-refractivity contribution in [2.75, 3.05) is 6.54 Å². The first-order chi connectivity index (χ1) is 7.22. The molecule has 0 atom stereocenters. The molecule has 0 aromatic heterocycles. The summed E-state index contributed by atoms with van der Waals surface area (Å²) in [6.07, 6.45) is 0. The molecule has 15 heavy (non-hydrogen) atoms. The number of carbonyl (C=O) groups excluding carboxylic acids is 1. The van der Waals surface area contributed by atoms with Crippen molar-refractivity contribution < 1.29 is 4.79 Å². The van der Waals surface area contributed by atoms with Gasteiger partial charge >= 0.3 is 0 Å². The Bertz CT molecular complexity index is 443. The van der Waals surface area contributed by atoms with E-state index in [2.05, 4.69) is 17.2 Å². The Morgan fingerprint density at radius 1 is 1.33 bits per heavy atom. The average Bonchev–Trinajstić information content (AvgIpc) is 2.25. The van der Waals surface area contributed by atoms with Gasteiger partial charge in [-0.2, -0.15) is 5.26 Å². The molecule has 3 heteroatoms. The van der Waals surface area contributed by atoms with E-state index in [4.69, 9.17) is 5.26 Å². The van der Waals surface area contributed by atoms with Gasteiger partial charge in [-0.25, -0.2) is 0 Å². The Hall–Kier alpha value is -2.26. The minimum atomic E-state index is -0.0934. The van der Waals surface area contributed by atoms with Crippen molar-refractivity contribution in [2.45, 2.75) is 6.92 Å². The molecule has 0 aliphatic carbocycles. The van der Waals surface area contributed by atoms with E-state index in [1.165, 1.54) is 6.92 Å². The molecule has 0 aliphatic rings. The minimum absolute atomic E-state index is 0.0934. The average molecular weight is 198 g/mol. The summed E-state index contributed by atoms with van der Waals surface area (Å²) < 4.78 is 0. The highest BCUT2D eigenvalue weighted by Gasteiger charge is 1.89. The van der Waals surface area contributed by atoms with Crippen molar-refractivity contribution >= 4 is 5.91 Å². The van der Waals surface area contributed by atoms with E-state index < -0.39 is 0 Å². The quantitative estimate of drug-likeness (QED) is 0.685. The summed E-state index contributed by atoms with van der Waals surface area (Å²) in [5.74, 6) is 5.59. The van der Waals surface area contributed by atoms with E-state index in [1.807, 2.05) is 6.07 Å². The Kier molecular flexibility index (Phi) is 3.94. The summed E-state index contributed by atoms with van der Waals surface area (Å²) in [5.41, 5.74) is 1.45. The lowest BCUT2D eigenvalue weighted by Crippen LogP contribution is -2.19. The van der Waals surface area contributed by atoms with Crippen LogP contribution in [0.4, 0.5) is 0 Å². The number of hydrogen-bond acceptors (Lipinski definition) is 2. The molecule has 0 bridgehead atoms. The molecule has 74 valence electrons. The molecule has 0 saturated heterocycles. The number of hydrogen-bond donors (Lipinski definition) is 1. The Balaban J connectivity index is 2.57. The minimum Gasteiger partial charge on any atom is -0.345 e. The highest BCUT2D eigenvalue weighted by Crippen LogP contribution is 2.00. The molecule has 1 aromatic carbocycles. The molecule has 1 aromatic rings. The van der Waals surface area contributed by atoms with Crippen LogP contribution in [0.3, 0.4) is 0 Å². The fourth-order valence-corrected chi connectivity index (χ4v) is 0.943. The largest absolute Gasteiger partial charge is 0.345 e. The lowest BCUT2D eigenvalue weighted by Gasteiger charge is -1.92. The number of nitrogens with one attached hydrogen (secondary N) is 1. The van der Waals surface area contributed by atoms with E-state index in [0.717, 1.165) is 5.56 Å². The molecule has 0 spiro atoms. The molecule has 0 heterocycles. The van der Waals surface area contributed by atoms with Gasteiger partial charge in [0.2, 0.25) is 5.91 Å². The molecule has 1 N–H and O–H groups in total. The Morgan fingerprint density at radius 3 is 2.47 bits per heavy atom. The second kappa shape index (κ2) is 5.47. The zero-order valence-electron chi connectivity index (χ0n) is 8.37. The third-order valence-electron chi connectivity index (χ3n) is 1.67. The van der Waals surface area contributed by atoms with Crippen LogP contribution in [0.15, 0.2) is 24.3 Å². The highest BCUT2D eigenvalue weighted by molar-refractivity contribution is 5.73. The summed E-state index contributed by atoms with van der Waals surface area (Å²) in [6.45, 7) is 1.79. The van der Waals surface area contributed by atoms with Crippen molar-refractivity contribution in [3.8, 4) is 17.9 Å². The number of nitrogens with zero attached hydrogens (tertiary/aromatic N) is 1. The molecule has 3 nitrogen and oxygen atoms in total. The van der Waals surface area contributed by atoms with Gasteiger partial charge in [-0.05, 0) is 24.3 Å². The summed E-state index contributed by atoms with van der Waals surface area (Å²) in [6, 6.07) is 9.01. The van der Waals surface area contributed by atoms with E-state index >= 15 is 0 Å². The molecule has 1 amide bonds. The van der Waals surface area contributed by atoms with Gasteiger partial charge in [0.15, 0.2) is 0 Å². The lowest BCUT2D eigenvalue weighted by molar-refractivity contribution is -0.118. The monoisotopic (exact) mass is 198 g/mol. The topological polar surface area (TPSA) is 52.9 Å². The number of amides is 1. The van der Waals surface area contributed by atoms with Gasteiger partial charge in [0.1, 0.15) is 0 Å². The van der Waals surface area contributed by atoms with Crippen LogP contribution >= 0.6 is 0 Å². The summed E-state index contributed by atoms with van der Waals surface area (Å²) in [4.78, 5) is 10.5. The van der Waals surface area contributed by atoms with Gasteiger partial charge in [-0.1, -0.05) is 11.8 Å². The molecule has 0 fully saturated rings. The fourth-order valence-electron chi connectivity index (χ4n) is 0.943.